The molecule has 4 aromatic rings. The molecule has 1 fully saturated rings. The van der Waals surface area contributed by atoms with Crippen LogP contribution in [0.3, 0.4) is 0 Å². The van der Waals surface area contributed by atoms with Gasteiger partial charge >= 0.3 is 6.18 Å². The number of aromatic nitrogens is 2. The van der Waals surface area contributed by atoms with Crippen molar-refractivity contribution in [1.82, 2.24) is 15.3 Å². The van der Waals surface area contributed by atoms with E-state index in [1.807, 2.05) is 36.6 Å². The molecule has 13 heteroatoms. The fraction of sp³-hybridized carbons (Fsp3) is 0.321. The lowest BCUT2D eigenvalue weighted by Gasteiger charge is -2.34. The lowest BCUT2D eigenvalue weighted by atomic mass is 10.0. The van der Waals surface area contributed by atoms with Gasteiger partial charge in [0.25, 0.3) is 5.91 Å². The van der Waals surface area contributed by atoms with Crippen molar-refractivity contribution in [2.24, 2.45) is 5.73 Å². The monoisotopic (exact) mass is 602 g/mol. The maximum Gasteiger partial charge on any atom is 0.417 e. The highest BCUT2D eigenvalue weighted by Crippen LogP contribution is 2.43. The molecular formula is C28H29F3N6O2S2. The van der Waals surface area contributed by atoms with Gasteiger partial charge in [0, 0.05) is 47.7 Å². The van der Waals surface area contributed by atoms with Gasteiger partial charge in [0.05, 0.1) is 16.9 Å². The van der Waals surface area contributed by atoms with Gasteiger partial charge in [-0.15, -0.1) is 23.1 Å². The minimum atomic E-state index is -4.68. The van der Waals surface area contributed by atoms with E-state index in [-0.39, 0.29) is 32.6 Å². The lowest BCUT2D eigenvalue weighted by Crippen LogP contribution is -2.44. The molecule has 0 aliphatic carbocycles. The van der Waals surface area contributed by atoms with Crippen LogP contribution < -0.4 is 21.7 Å². The molecule has 5 rings (SSSR count). The van der Waals surface area contributed by atoms with E-state index in [9.17, 15) is 23.1 Å². The summed E-state index contributed by atoms with van der Waals surface area (Å²) in [5, 5.41) is 13.8. The number of nitrogens with one attached hydrogen (secondary N) is 1. The van der Waals surface area contributed by atoms with Crippen molar-refractivity contribution in [3.63, 3.8) is 0 Å². The molecule has 3 aromatic heterocycles. The van der Waals surface area contributed by atoms with E-state index >= 15 is 0 Å². The molecule has 6 N–H and O–H groups in total. The van der Waals surface area contributed by atoms with Gasteiger partial charge in [0.1, 0.15) is 21.6 Å². The smallest absolute Gasteiger partial charge is 0.397 e. The van der Waals surface area contributed by atoms with Crippen LogP contribution in [0.1, 0.15) is 39.9 Å². The number of aliphatic hydroxyl groups excluding tert-OH is 1. The van der Waals surface area contributed by atoms with Crippen molar-refractivity contribution in [3.05, 3.63) is 64.8 Å². The first kappa shape index (κ1) is 29.1. The number of carbonyl (C=O) groups is 1. The Labute approximate surface area is 243 Å². The Kier molecular flexibility index (Phi) is 8.41. The molecule has 1 amide bonds. The predicted octanol–water partition coefficient (Wildman–Crippen LogP) is 5.07. The van der Waals surface area contributed by atoms with E-state index in [4.69, 9.17) is 11.5 Å². The Morgan fingerprint density at radius 3 is 2.61 bits per heavy atom. The van der Waals surface area contributed by atoms with E-state index in [1.165, 1.54) is 0 Å². The number of hydrogen-bond donors (Lipinski definition) is 4. The molecular weight excluding hydrogens is 573 g/mol. The number of aliphatic hydroxyl groups is 1. The number of anilines is 2. The molecule has 0 saturated carbocycles. The number of alkyl halides is 3. The number of halogens is 3. The van der Waals surface area contributed by atoms with Crippen molar-refractivity contribution in [2.75, 3.05) is 36.5 Å². The summed E-state index contributed by atoms with van der Waals surface area (Å²) in [5.74, 6) is -0.714. The number of thioether (sulfide) groups is 1. The van der Waals surface area contributed by atoms with Gasteiger partial charge in [-0.25, -0.2) is 4.98 Å². The topological polar surface area (TPSA) is 130 Å². The van der Waals surface area contributed by atoms with Crippen LogP contribution in [-0.2, 0) is 6.18 Å². The standard InChI is InChI=1S/C28H29F3N6O2S2/c1-40-18-4-2-3-15(11-18)16-5-6-20(35-13-16)21(38)14-34-17-7-9-37(10-8-17)22-12-19(28(29,30)31)23-24(32)25(26(33)39)41-27(23)36-22/h2-6,11-13,17,21,34,38H,7-10,14,32H2,1H3,(H2,33,39). The Balaban J connectivity index is 1.21. The third-order valence-electron chi connectivity index (χ3n) is 7.16. The van der Waals surface area contributed by atoms with Gasteiger partial charge in [-0.2, -0.15) is 13.2 Å². The summed E-state index contributed by atoms with van der Waals surface area (Å²) in [6.07, 6.45) is -0.418. The van der Waals surface area contributed by atoms with E-state index < -0.39 is 23.8 Å². The minimum absolute atomic E-state index is 0.0278. The van der Waals surface area contributed by atoms with Gasteiger partial charge in [-0.3, -0.25) is 9.78 Å². The number of rotatable bonds is 8. The van der Waals surface area contributed by atoms with Crippen LogP contribution in [0.4, 0.5) is 24.7 Å². The third kappa shape index (κ3) is 6.27. The third-order valence-corrected chi connectivity index (χ3v) is 9.00. The maximum absolute atomic E-state index is 13.9. The van der Waals surface area contributed by atoms with E-state index in [0.717, 1.165) is 33.4 Å². The van der Waals surface area contributed by atoms with Crippen LogP contribution in [0.25, 0.3) is 21.3 Å². The highest BCUT2D eigenvalue weighted by atomic mass is 32.2. The van der Waals surface area contributed by atoms with Crippen molar-refractivity contribution in [3.8, 4) is 11.1 Å². The van der Waals surface area contributed by atoms with Crippen molar-refractivity contribution >= 4 is 50.7 Å². The Morgan fingerprint density at radius 2 is 1.98 bits per heavy atom. The molecule has 1 unspecified atom stereocenters. The summed E-state index contributed by atoms with van der Waals surface area (Å²) in [7, 11) is 0. The second-order valence-electron chi connectivity index (χ2n) is 9.80. The molecule has 216 valence electrons. The number of thiophene rings is 1. The van der Waals surface area contributed by atoms with Crippen LogP contribution in [0, 0.1) is 0 Å². The van der Waals surface area contributed by atoms with Crippen LogP contribution >= 0.6 is 23.1 Å². The molecule has 0 spiro atoms. The molecule has 41 heavy (non-hydrogen) atoms. The normalized spacial score (nSPS) is 15.4. The number of nitrogen functional groups attached to an aromatic ring is 1. The number of benzene rings is 1. The summed E-state index contributed by atoms with van der Waals surface area (Å²) in [6, 6.07) is 13.0. The first-order valence-electron chi connectivity index (χ1n) is 12.9. The molecule has 1 aliphatic rings. The van der Waals surface area contributed by atoms with Gasteiger partial charge in [0.15, 0.2) is 0 Å². The Morgan fingerprint density at radius 1 is 1.22 bits per heavy atom. The lowest BCUT2D eigenvalue weighted by molar-refractivity contribution is -0.136. The molecule has 4 heterocycles. The molecule has 1 saturated heterocycles. The zero-order valence-corrected chi connectivity index (χ0v) is 23.7. The van der Waals surface area contributed by atoms with E-state index in [1.54, 1.807) is 22.9 Å². The summed E-state index contributed by atoms with van der Waals surface area (Å²) in [6.45, 7) is 1.23. The average molecular weight is 603 g/mol. The first-order valence-corrected chi connectivity index (χ1v) is 15.0. The zero-order valence-electron chi connectivity index (χ0n) is 22.1. The fourth-order valence-corrected chi connectivity index (χ4v) is 6.37. The molecule has 1 aromatic carbocycles. The molecule has 1 aliphatic heterocycles. The number of carbonyl (C=O) groups excluding carboxylic acids is 1. The number of hydrogen-bond acceptors (Lipinski definition) is 9. The van der Waals surface area contributed by atoms with Crippen LogP contribution in [-0.4, -0.2) is 52.9 Å². The maximum atomic E-state index is 13.9. The number of fused-ring (bicyclic) bond motifs is 1. The summed E-state index contributed by atoms with van der Waals surface area (Å²) in [4.78, 5) is 23.4. The predicted molar refractivity (Wildman–Crippen MR) is 157 cm³/mol. The van der Waals surface area contributed by atoms with E-state index in [0.29, 0.717) is 38.2 Å². The second kappa shape index (κ2) is 11.8. The highest BCUT2D eigenvalue weighted by Gasteiger charge is 2.37. The number of primary amides is 1. The SMILES string of the molecule is CSc1cccc(-c2ccc(C(O)CNC3CCN(c4cc(C(F)(F)F)c5c(N)c(C(N)=O)sc5n4)CC3)nc2)c1. The molecule has 0 radical (unpaired) electrons. The van der Waals surface area contributed by atoms with Crippen LogP contribution in [0.2, 0.25) is 0 Å². The minimum Gasteiger partial charge on any atom is -0.397 e. The van der Waals surface area contributed by atoms with Crippen molar-refractivity contribution in [1.29, 1.82) is 0 Å². The molecule has 1 atom stereocenters. The number of pyridine rings is 2. The van der Waals surface area contributed by atoms with E-state index in [2.05, 4.69) is 21.4 Å². The van der Waals surface area contributed by atoms with Gasteiger partial charge in [-0.05, 0) is 48.9 Å². The molecule has 8 nitrogen and oxygen atoms in total. The van der Waals surface area contributed by atoms with Crippen molar-refractivity contribution in [2.45, 2.75) is 36.1 Å². The van der Waals surface area contributed by atoms with Crippen LogP contribution in [0.15, 0.2) is 53.6 Å². The Bertz CT molecular complexity index is 1550. The number of nitrogens with two attached hydrogens (primary N) is 2. The summed E-state index contributed by atoms with van der Waals surface area (Å²) >= 11 is 2.44. The van der Waals surface area contributed by atoms with Gasteiger partial charge < -0.3 is 26.8 Å². The van der Waals surface area contributed by atoms with Gasteiger partial charge in [-0.1, -0.05) is 18.2 Å². The van der Waals surface area contributed by atoms with Gasteiger partial charge in [0.2, 0.25) is 0 Å². The molecule has 0 bridgehead atoms. The number of amides is 1. The first-order chi connectivity index (χ1) is 19.5. The quantitative estimate of drug-likeness (QED) is 0.206. The fourth-order valence-electron chi connectivity index (χ4n) is 4.95. The number of nitrogens with zero attached hydrogens (tertiary/aromatic N) is 3. The Hall–Kier alpha value is -3.39. The average Bonchev–Trinajstić information content (AvgIpc) is 3.31. The largest absolute Gasteiger partial charge is 0.417 e. The van der Waals surface area contributed by atoms with Crippen molar-refractivity contribution < 1.29 is 23.1 Å². The summed E-state index contributed by atoms with van der Waals surface area (Å²) < 4.78 is 41.8. The zero-order chi connectivity index (χ0) is 29.3. The number of piperidine rings is 1. The second-order valence-corrected chi connectivity index (χ2v) is 11.7. The highest BCUT2D eigenvalue weighted by molar-refractivity contribution is 7.98. The summed E-state index contributed by atoms with van der Waals surface area (Å²) in [5.41, 5.74) is 12.5. The van der Waals surface area contributed by atoms with Crippen LogP contribution in [0.5, 0.6) is 0 Å².